The Bertz CT molecular complexity index is 1010. The number of amides is 1. The van der Waals surface area contributed by atoms with Crippen molar-refractivity contribution in [2.45, 2.75) is 58.4 Å². The molecule has 5 nitrogen and oxygen atoms in total. The number of allylic oxidation sites excluding steroid dienone is 2. The maximum Gasteiger partial charge on any atom is 0.303 e. The molecule has 0 unspecified atom stereocenters. The van der Waals surface area contributed by atoms with E-state index < -0.39 is 5.97 Å². The number of phenolic OH excluding ortho intramolecular Hbond substituents is 1. The molecule has 0 radical (unpaired) electrons. The Morgan fingerprint density at radius 1 is 1.26 bits per heavy atom. The number of phenols is 1. The molecular formula is C25H31NO4S. The summed E-state index contributed by atoms with van der Waals surface area (Å²) in [6, 6.07) is 5.30. The number of carboxylic acids is 1. The quantitative estimate of drug-likeness (QED) is 0.368. The lowest BCUT2D eigenvalue weighted by Crippen LogP contribution is -2.63. The van der Waals surface area contributed by atoms with Crippen LogP contribution < -0.4 is 5.32 Å². The van der Waals surface area contributed by atoms with E-state index in [1.807, 2.05) is 11.4 Å². The number of carbonyl (C=O) groups is 2. The summed E-state index contributed by atoms with van der Waals surface area (Å²) in [6.45, 7) is 4.64. The van der Waals surface area contributed by atoms with E-state index >= 15 is 0 Å². The van der Waals surface area contributed by atoms with Gasteiger partial charge in [0.2, 0.25) is 0 Å². The second-order valence-corrected chi connectivity index (χ2v) is 10.6. The number of fused-ring (bicyclic) bond motifs is 3. The first-order chi connectivity index (χ1) is 14.8. The second kappa shape index (κ2) is 8.65. The van der Waals surface area contributed by atoms with Crippen LogP contribution in [0, 0.1) is 23.2 Å². The minimum atomic E-state index is -0.750. The second-order valence-electron chi connectivity index (χ2n) is 9.68. The molecule has 1 aromatic carbocycles. The first-order valence-corrected chi connectivity index (χ1v) is 12.0. The third-order valence-electron chi connectivity index (χ3n) is 7.54. The molecule has 3 N–H and O–H groups in total. The fourth-order valence-electron chi connectivity index (χ4n) is 5.55. The molecule has 1 heterocycles. The van der Waals surface area contributed by atoms with E-state index in [0.717, 1.165) is 29.3 Å². The van der Waals surface area contributed by atoms with E-state index in [1.165, 1.54) is 17.8 Å². The topological polar surface area (TPSA) is 86.6 Å². The van der Waals surface area contributed by atoms with E-state index in [9.17, 15) is 14.7 Å². The molecular weight excluding hydrogens is 410 g/mol. The summed E-state index contributed by atoms with van der Waals surface area (Å²) in [5, 5.41) is 24.7. The first kappa shape index (κ1) is 21.9. The van der Waals surface area contributed by atoms with Gasteiger partial charge in [0.05, 0.1) is 5.56 Å². The van der Waals surface area contributed by atoms with Gasteiger partial charge in [0, 0.05) is 27.9 Å². The lowest BCUT2D eigenvalue weighted by molar-refractivity contribution is -0.137. The van der Waals surface area contributed by atoms with Gasteiger partial charge in [-0.2, -0.15) is 0 Å². The Balaban J connectivity index is 1.46. The van der Waals surface area contributed by atoms with Crippen LogP contribution in [0.25, 0.3) is 10.1 Å². The zero-order valence-corrected chi connectivity index (χ0v) is 19.0. The number of aliphatic carboxylic acids is 1. The highest BCUT2D eigenvalue weighted by atomic mass is 32.1. The lowest BCUT2D eigenvalue weighted by atomic mass is 9.44. The maximum absolute atomic E-state index is 13.2. The van der Waals surface area contributed by atoms with Gasteiger partial charge in [0.25, 0.3) is 5.91 Å². The van der Waals surface area contributed by atoms with Crippen LogP contribution in [0.3, 0.4) is 0 Å². The SMILES string of the molecule is CC1(C)[C@@H]2C[C@@H](CC=CCCCC(=O)O)[C@@H](NC(=O)c3csc4ccc(O)cc34)[C@H]1C2. The molecule has 2 aromatic rings. The highest BCUT2D eigenvalue weighted by molar-refractivity contribution is 7.17. The predicted molar refractivity (Wildman–Crippen MR) is 123 cm³/mol. The van der Waals surface area contributed by atoms with Gasteiger partial charge in [-0.25, -0.2) is 0 Å². The molecule has 3 aliphatic rings. The number of carboxylic acid groups (broad SMARTS) is 1. The summed E-state index contributed by atoms with van der Waals surface area (Å²) >= 11 is 1.52. The molecule has 166 valence electrons. The minimum absolute atomic E-state index is 0.0570. The Morgan fingerprint density at radius 2 is 2.06 bits per heavy atom. The summed E-state index contributed by atoms with van der Waals surface area (Å²) in [5.74, 6) is 0.939. The number of hydrogen-bond donors (Lipinski definition) is 3. The minimum Gasteiger partial charge on any atom is -0.508 e. The number of carbonyl (C=O) groups excluding carboxylic acids is 1. The molecule has 1 amide bonds. The van der Waals surface area contributed by atoms with Crippen LogP contribution in [-0.2, 0) is 4.79 Å². The van der Waals surface area contributed by atoms with Crippen molar-refractivity contribution in [2.75, 3.05) is 0 Å². The van der Waals surface area contributed by atoms with Crippen molar-refractivity contribution < 1.29 is 19.8 Å². The van der Waals surface area contributed by atoms with Crippen LogP contribution in [-0.4, -0.2) is 28.1 Å². The molecule has 5 rings (SSSR count). The van der Waals surface area contributed by atoms with Gasteiger partial charge in [-0.1, -0.05) is 26.0 Å². The molecule has 2 bridgehead atoms. The van der Waals surface area contributed by atoms with E-state index in [-0.39, 0.29) is 29.5 Å². The Labute approximate surface area is 187 Å². The number of unbranched alkanes of at least 4 members (excludes halogenated alkanes) is 1. The predicted octanol–water partition coefficient (Wildman–Crippen LogP) is 5.59. The van der Waals surface area contributed by atoms with Crippen molar-refractivity contribution in [3.05, 3.63) is 41.3 Å². The monoisotopic (exact) mass is 441 g/mol. The van der Waals surface area contributed by atoms with Crippen molar-refractivity contribution in [3.63, 3.8) is 0 Å². The van der Waals surface area contributed by atoms with Crippen LogP contribution in [0.4, 0.5) is 0 Å². The molecule has 0 saturated heterocycles. The van der Waals surface area contributed by atoms with Crippen molar-refractivity contribution >= 4 is 33.3 Å². The Hall–Kier alpha value is -2.34. The van der Waals surface area contributed by atoms with Crippen LogP contribution >= 0.6 is 11.3 Å². The number of thiophene rings is 1. The molecule has 1 aromatic heterocycles. The first-order valence-electron chi connectivity index (χ1n) is 11.1. The van der Waals surface area contributed by atoms with Gasteiger partial charge >= 0.3 is 5.97 Å². The normalized spacial score (nSPS) is 26.6. The largest absolute Gasteiger partial charge is 0.508 e. The molecule has 4 atom stereocenters. The maximum atomic E-state index is 13.2. The molecule has 0 spiro atoms. The van der Waals surface area contributed by atoms with E-state index in [0.29, 0.717) is 29.7 Å². The average Bonchev–Trinajstić information content (AvgIpc) is 3.13. The number of benzene rings is 1. The van der Waals surface area contributed by atoms with E-state index in [1.54, 1.807) is 12.1 Å². The fourth-order valence-corrected chi connectivity index (χ4v) is 6.47. The van der Waals surface area contributed by atoms with Crippen LogP contribution in [0.2, 0.25) is 0 Å². The number of nitrogens with one attached hydrogen (secondary N) is 1. The van der Waals surface area contributed by atoms with Crippen LogP contribution in [0.5, 0.6) is 5.75 Å². The summed E-state index contributed by atoms with van der Waals surface area (Å²) in [5.41, 5.74) is 0.882. The number of aromatic hydroxyl groups is 1. The van der Waals surface area contributed by atoms with Gasteiger partial charge in [-0.3, -0.25) is 9.59 Å². The Kier molecular flexibility index (Phi) is 6.11. The number of hydrogen-bond acceptors (Lipinski definition) is 4. The van der Waals surface area contributed by atoms with E-state index in [4.69, 9.17) is 5.11 Å². The molecule has 3 aliphatic carbocycles. The van der Waals surface area contributed by atoms with Crippen molar-refractivity contribution in [1.82, 2.24) is 5.32 Å². The van der Waals surface area contributed by atoms with Crippen LogP contribution in [0.15, 0.2) is 35.7 Å². The zero-order chi connectivity index (χ0) is 22.2. The highest BCUT2D eigenvalue weighted by Crippen LogP contribution is 2.61. The summed E-state index contributed by atoms with van der Waals surface area (Å²) in [6.07, 6.45) is 9.08. The fraction of sp³-hybridized carbons (Fsp3) is 0.520. The summed E-state index contributed by atoms with van der Waals surface area (Å²) in [4.78, 5) is 23.9. The van der Waals surface area contributed by atoms with E-state index in [2.05, 4.69) is 31.3 Å². The van der Waals surface area contributed by atoms with Gasteiger partial charge in [-0.15, -0.1) is 11.3 Å². The average molecular weight is 442 g/mol. The molecule has 31 heavy (non-hydrogen) atoms. The molecule has 3 fully saturated rings. The smallest absolute Gasteiger partial charge is 0.303 e. The van der Waals surface area contributed by atoms with Crippen molar-refractivity contribution in [1.29, 1.82) is 0 Å². The highest BCUT2D eigenvalue weighted by Gasteiger charge is 2.57. The molecule has 6 heteroatoms. The standard InChI is InChI=1S/C25H31NO4S/c1-25(2)16-11-15(7-5-3-4-6-8-22(28)29)23(20(25)12-16)26-24(30)19-14-31-21-10-9-17(27)13-18(19)21/h3,5,9-10,13-16,20,23,27H,4,6-8,11-12H2,1-2H3,(H,26,30)(H,28,29)/t15-,16-,20-,23-/m1/s1. The third kappa shape index (κ3) is 4.36. The van der Waals surface area contributed by atoms with Gasteiger partial charge in [0.1, 0.15) is 5.75 Å². The molecule has 0 aliphatic heterocycles. The van der Waals surface area contributed by atoms with Gasteiger partial charge in [0.15, 0.2) is 0 Å². The van der Waals surface area contributed by atoms with Gasteiger partial charge in [-0.05, 0) is 73.5 Å². The van der Waals surface area contributed by atoms with Crippen molar-refractivity contribution in [3.8, 4) is 5.75 Å². The van der Waals surface area contributed by atoms with Crippen molar-refractivity contribution in [2.24, 2.45) is 23.2 Å². The van der Waals surface area contributed by atoms with Gasteiger partial charge < -0.3 is 15.5 Å². The lowest BCUT2D eigenvalue weighted by Gasteiger charge is -2.62. The third-order valence-corrected chi connectivity index (χ3v) is 8.50. The zero-order valence-electron chi connectivity index (χ0n) is 18.1. The van der Waals surface area contributed by atoms with Crippen LogP contribution in [0.1, 0.15) is 62.7 Å². The summed E-state index contributed by atoms with van der Waals surface area (Å²) in [7, 11) is 0. The molecule has 3 saturated carbocycles. The number of rotatable bonds is 8. The Morgan fingerprint density at radius 3 is 2.81 bits per heavy atom. The summed E-state index contributed by atoms with van der Waals surface area (Å²) < 4.78 is 0.997.